The Kier molecular flexibility index (Phi) is 3.07. The van der Waals surface area contributed by atoms with E-state index in [1.165, 1.54) is 5.56 Å². The lowest BCUT2D eigenvalue weighted by Crippen LogP contribution is -2.17. The number of aryl methyl sites for hydroxylation is 1. The van der Waals surface area contributed by atoms with Gasteiger partial charge in [-0.2, -0.15) is 0 Å². The second-order valence-corrected chi connectivity index (χ2v) is 5.61. The Hall–Kier alpha value is -1.90. The maximum absolute atomic E-state index is 6.04. The van der Waals surface area contributed by atoms with Crippen molar-refractivity contribution in [3.05, 3.63) is 41.9 Å². The molecular formula is C15H19N3. The summed E-state index contributed by atoms with van der Waals surface area (Å²) in [7, 11) is 0. The molecule has 0 amide bonds. The highest BCUT2D eigenvalue weighted by molar-refractivity contribution is 5.72. The van der Waals surface area contributed by atoms with Crippen LogP contribution in [0.3, 0.4) is 0 Å². The van der Waals surface area contributed by atoms with Crippen molar-refractivity contribution in [3.63, 3.8) is 0 Å². The quantitative estimate of drug-likeness (QED) is 0.833. The van der Waals surface area contributed by atoms with E-state index in [9.17, 15) is 0 Å². The topological polar surface area (TPSA) is 51.8 Å². The number of rotatable bonds is 1. The molecule has 0 bridgehead atoms. The molecule has 2 rings (SSSR count). The molecule has 0 spiro atoms. The van der Waals surface area contributed by atoms with Gasteiger partial charge in [0.1, 0.15) is 11.6 Å². The molecule has 94 valence electrons. The van der Waals surface area contributed by atoms with Gasteiger partial charge in [-0.15, -0.1) is 0 Å². The van der Waals surface area contributed by atoms with Crippen LogP contribution in [0.5, 0.6) is 0 Å². The number of benzene rings is 1. The summed E-state index contributed by atoms with van der Waals surface area (Å²) >= 11 is 0. The van der Waals surface area contributed by atoms with Crippen LogP contribution in [0.4, 0.5) is 5.82 Å². The van der Waals surface area contributed by atoms with E-state index in [0.29, 0.717) is 5.82 Å². The fourth-order valence-electron chi connectivity index (χ4n) is 1.71. The lowest BCUT2D eigenvalue weighted by molar-refractivity contribution is 0.546. The zero-order valence-corrected chi connectivity index (χ0v) is 11.4. The van der Waals surface area contributed by atoms with Gasteiger partial charge >= 0.3 is 0 Å². The predicted molar refractivity (Wildman–Crippen MR) is 75.3 cm³/mol. The van der Waals surface area contributed by atoms with Crippen LogP contribution in [0.25, 0.3) is 11.1 Å². The standard InChI is InChI=1S/C15H19N3/c1-10-5-7-11(8-6-10)12-9-17-14(15(2,3)4)18-13(12)16/h5-9H,1-4H3,(H2,16,17,18). The van der Waals surface area contributed by atoms with Gasteiger partial charge < -0.3 is 5.73 Å². The van der Waals surface area contributed by atoms with Gasteiger partial charge in [0.15, 0.2) is 0 Å². The van der Waals surface area contributed by atoms with Crippen molar-refractivity contribution in [2.24, 2.45) is 0 Å². The third-order valence-corrected chi connectivity index (χ3v) is 2.85. The zero-order valence-electron chi connectivity index (χ0n) is 11.4. The van der Waals surface area contributed by atoms with Crippen LogP contribution in [-0.2, 0) is 5.41 Å². The predicted octanol–water partition coefficient (Wildman–Crippen LogP) is 3.33. The Morgan fingerprint density at radius 1 is 1.06 bits per heavy atom. The maximum Gasteiger partial charge on any atom is 0.136 e. The molecule has 0 saturated heterocycles. The fourth-order valence-corrected chi connectivity index (χ4v) is 1.71. The van der Waals surface area contributed by atoms with Gasteiger partial charge in [-0.3, -0.25) is 0 Å². The van der Waals surface area contributed by atoms with E-state index in [-0.39, 0.29) is 5.41 Å². The lowest BCUT2D eigenvalue weighted by Gasteiger charge is -2.17. The third-order valence-electron chi connectivity index (χ3n) is 2.85. The van der Waals surface area contributed by atoms with Crippen molar-refractivity contribution < 1.29 is 0 Å². The molecule has 0 fully saturated rings. The smallest absolute Gasteiger partial charge is 0.136 e. The molecule has 0 aliphatic heterocycles. The van der Waals surface area contributed by atoms with Gasteiger partial charge in [0.25, 0.3) is 0 Å². The molecule has 2 aromatic rings. The summed E-state index contributed by atoms with van der Waals surface area (Å²) in [4.78, 5) is 8.83. The normalized spacial score (nSPS) is 11.6. The number of hydrogen-bond acceptors (Lipinski definition) is 3. The van der Waals surface area contributed by atoms with E-state index in [2.05, 4.69) is 49.8 Å². The average Bonchev–Trinajstić information content (AvgIpc) is 2.29. The SMILES string of the molecule is Cc1ccc(-c2cnc(C(C)(C)C)nc2N)cc1. The molecule has 0 aliphatic rings. The number of nitrogen functional groups attached to an aromatic ring is 1. The lowest BCUT2D eigenvalue weighted by atomic mass is 9.95. The minimum absolute atomic E-state index is 0.0834. The number of hydrogen-bond donors (Lipinski definition) is 1. The van der Waals surface area contributed by atoms with Crippen LogP contribution in [0.2, 0.25) is 0 Å². The summed E-state index contributed by atoms with van der Waals surface area (Å²) in [6, 6.07) is 8.21. The summed E-state index contributed by atoms with van der Waals surface area (Å²) in [5.41, 5.74) is 9.13. The highest BCUT2D eigenvalue weighted by Crippen LogP contribution is 2.26. The van der Waals surface area contributed by atoms with Gasteiger partial charge in [-0.25, -0.2) is 9.97 Å². The molecule has 3 heteroatoms. The summed E-state index contributed by atoms with van der Waals surface area (Å²) in [6.07, 6.45) is 1.81. The molecule has 0 atom stereocenters. The zero-order chi connectivity index (χ0) is 13.3. The summed E-state index contributed by atoms with van der Waals surface area (Å²) in [5.74, 6) is 1.31. The van der Waals surface area contributed by atoms with Crippen molar-refractivity contribution in [3.8, 4) is 11.1 Å². The van der Waals surface area contributed by atoms with E-state index in [1.54, 1.807) is 0 Å². The molecule has 0 radical (unpaired) electrons. The first-order valence-electron chi connectivity index (χ1n) is 6.08. The van der Waals surface area contributed by atoms with E-state index in [0.717, 1.165) is 17.0 Å². The first kappa shape index (κ1) is 12.6. The minimum Gasteiger partial charge on any atom is -0.383 e. The first-order chi connectivity index (χ1) is 8.38. The van der Waals surface area contributed by atoms with Gasteiger partial charge in [0, 0.05) is 17.2 Å². The van der Waals surface area contributed by atoms with Crippen LogP contribution in [0.15, 0.2) is 30.5 Å². The first-order valence-corrected chi connectivity index (χ1v) is 6.08. The van der Waals surface area contributed by atoms with Crippen LogP contribution in [0.1, 0.15) is 32.2 Å². The number of nitrogens with zero attached hydrogens (tertiary/aromatic N) is 2. The van der Waals surface area contributed by atoms with Gasteiger partial charge in [0.2, 0.25) is 0 Å². The molecule has 1 aromatic carbocycles. The summed E-state index contributed by atoms with van der Waals surface area (Å²) in [5, 5.41) is 0. The molecule has 3 nitrogen and oxygen atoms in total. The Labute approximate surface area is 108 Å². The fraction of sp³-hybridized carbons (Fsp3) is 0.333. The number of aromatic nitrogens is 2. The van der Waals surface area contributed by atoms with E-state index in [4.69, 9.17) is 5.73 Å². The molecule has 0 aliphatic carbocycles. The molecule has 18 heavy (non-hydrogen) atoms. The Bertz CT molecular complexity index is 551. The van der Waals surface area contributed by atoms with Crippen molar-refractivity contribution in [2.45, 2.75) is 33.1 Å². The molecule has 1 aromatic heterocycles. The molecular weight excluding hydrogens is 222 g/mol. The molecule has 2 N–H and O–H groups in total. The largest absolute Gasteiger partial charge is 0.383 e. The Morgan fingerprint density at radius 2 is 1.67 bits per heavy atom. The average molecular weight is 241 g/mol. The Balaban J connectivity index is 2.45. The van der Waals surface area contributed by atoms with Gasteiger partial charge in [-0.05, 0) is 12.5 Å². The minimum atomic E-state index is -0.0834. The molecule has 0 unspecified atom stereocenters. The van der Waals surface area contributed by atoms with Crippen molar-refractivity contribution in [2.75, 3.05) is 5.73 Å². The summed E-state index contributed by atoms with van der Waals surface area (Å²) < 4.78 is 0. The highest BCUT2D eigenvalue weighted by Gasteiger charge is 2.18. The van der Waals surface area contributed by atoms with Gasteiger partial charge in [-0.1, -0.05) is 50.6 Å². The van der Waals surface area contributed by atoms with E-state index >= 15 is 0 Å². The van der Waals surface area contributed by atoms with Crippen LogP contribution in [0, 0.1) is 6.92 Å². The highest BCUT2D eigenvalue weighted by atomic mass is 15.0. The monoisotopic (exact) mass is 241 g/mol. The van der Waals surface area contributed by atoms with Crippen molar-refractivity contribution >= 4 is 5.82 Å². The van der Waals surface area contributed by atoms with Crippen LogP contribution in [-0.4, -0.2) is 9.97 Å². The number of nitrogens with two attached hydrogens (primary N) is 1. The summed E-state index contributed by atoms with van der Waals surface area (Å²) in [6.45, 7) is 8.29. The maximum atomic E-state index is 6.04. The third kappa shape index (κ3) is 2.50. The van der Waals surface area contributed by atoms with E-state index < -0.39 is 0 Å². The number of anilines is 1. The Morgan fingerprint density at radius 3 is 2.17 bits per heavy atom. The second-order valence-electron chi connectivity index (χ2n) is 5.61. The van der Waals surface area contributed by atoms with Crippen LogP contribution >= 0.6 is 0 Å². The van der Waals surface area contributed by atoms with Crippen LogP contribution < -0.4 is 5.73 Å². The molecule has 1 heterocycles. The second kappa shape index (κ2) is 4.41. The van der Waals surface area contributed by atoms with Crippen molar-refractivity contribution in [1.82, 2.24) is 9.97 Å². The van der Waals surface area contributed by atoms with Gasteiger partial charge in [0.05, 0.1) is 0 Å². The van der Waals surface area contributed by atoms with Crippen molar-refractivity contribution in [1.29, 1.82) is 0 Å². The molecule has 0 saturated carbocycles. The van der Waals surface area contributed by atoms with E-state index in [1.807, 2.05) is 18.3 Å².